The average molecular weight is 282 g/mol. The highest BCUT2D eigenvalue weighted by Gasteiger charge is 2.17. The number of carbonyl (C=O) groups is 1. The standard InChI is InChI=1S/C16H14N2O3/c1-9-10(2)18-21-16(9)17-15(20)13-8-7-11-5-3-4-6-12(11)14(13)19/h3-8,19H,1-2H3,(H,17,20). The van der Waals surface area contributed by atoms with Crippen LogP contribution in [0.5, 0.6) is 5.75 Å². The summed E-state index contributed by atoms with van der Waals surface area (Å²) in [6.07, 6.45) is 0. The third kappa shape index (κ3) is 2.23. The van der Waals surface area contributed by atoms with Crippen molar-refractivity contribution in [1.29, 1.82) is 0 Å². The number of nitrogens with zero attached hydrogens (tertiary/aromatic N) is 1. The molecule has 1 heterocycles. The van der Waals surface area contributed by atoms with Gasteiger partial charge in [0.2, 0.25) is 5.88 Å². The predicted molar refractivity (Wildman–Crippen MR) is 79.5 cm³/mol. The predicted octanol–water partition coefficient (Wildman–Crippen LogP) is 3.40. The van der Waals surface area contributed by atoms with Gasteiger partial charge in [0.25, 0.3) is 5.91 Å². The van der Waals surface area contributed by atoms with Crippen molar-refractivity contribution < 1.29 is 14.4 Å². The Hall–Kier alpha value is -2.82. The lowest BCUT2D eigenvalue weighted by Gasteiger charge is -2.07. The zero-order chi connectivity index (χ0) is 15.0. The number of aromatic nitrogens is 1. The van der Waals surface area contributed by atoms with E-state index in [1.165, 1.54) is 0 Å². The van der Waals surface area contributed by atoms with Crippen molar-refractivity contribution in [3.63, 3.8) is 0 Å². The van der Waals surface area contributed by atoms with Crippen LogP contribution in [-0.4, -0.2) is 16.2 Å². The number of hydrogen-bond donors (Lipinski definition) is 2. The highest BCUT2D eigenvalue weighted by Crippen LogP contribution is 2.29. The average Bonchev–Trinajstić information content (AvgIpc) is 2.80. The summed E-state index contributed by atoms with van der Waals surface area (Å²) in [7, 11) is 0. The molecule has 0 aliphatic heterocycles. The van der Waals surface area contributed by atoms with E-state index in [4.69, 9.17) is 4.52 Å². The number of benzene rings is 2. The Bertz CT molecular complexity index is 837. The minimum absolute atomic E-state index is 0.0421. The van der Waals surface area contributed by atoms with Crippen molar-refractivity contribution in [3.8, 4) is 5.75 Å². The number of phenols is 1. The molecule has 0 radical (unpaired) electrons. The van der Waals surface area contributed by atoms with E-state index in [1.54, 1.807) is 25.1 Å². The summed E-state index contributed by atoms with van der Waals surface area (Å²) >= 11 is 0. The van der Waals surface area contributed by atoms with E-state index in [1.807, 2.05) is 25.1 Å². The molecule has 0 saturated heterocycles. The number of phenolic OH excluding ortho intramolecular Hbond substituents is 1. The SMILES string of the molecule is Cc1noc(NC(=O)c2ccc3ccccc3c2O)c1C. The summed E-state index contributed by atoms with van der Waals surface area (Å²) in [4.78, 5) is 12.3. The van der Waals surface area contributed by atoms with Crippen molar-refractivity contribution in [1.82, 2.24) is 5.16 Å². The maximum absolute atomic E-state index is 12.3. The summed E-state index contributed by atoms with van der Waals surface area (Å²) < 4.78 is 5.05. The molecule has 2 N–H and O–H groups in total. The van der Waals surface area contributed by atoms with E-state index in [0.29, 0.717) is 17.0 Å². The largest absolute Gasteiger partial charge is 0.506 e. The number of fused-ring (bicyclic) bond motifs is 1. The molecule has 21 heavy (non-hydrogen) atoms. The quantitative estimate of drug-likeness (QED) is 0.755. The number of anilines is 1. The van der Waals surface area contributed by atoms with Crippen LogP contribution in [0.15, 0.2) is 40.9 Å². The molecule has 1 amide bonds. The molecule has 0 unspecified atom stereocenters. The van der Waals surface area contributed by atoms with Gasteiger partial charge >= 0.3 is 0 Å². The normalized spacial score (nSPS) is 10.8. The second-order valence-electron chi connectivity index (χ2n) is 4.86. The molecule has 3 aromatic rings. The van der Waals surface area contributed by atoms with Gasteiger partial charge in [-0.3, -0.25) is 10.1 Å². The first kappa shape index (κ1) is 13.2. The number of carbonyl (C=O) groups excluding carboxylic acids is 1. The van der Waals surface area contributed by atoms with E-state index in [9.17, 15) is 9.90 Å². The van der Waals surface area contributed by atoms with Gasteiger partial charge < -0.3 is 9.63 Å². The third-order valence-corrected chi connectivity index (χ3v) is 3.53. The fourth-order valence-electron chi connectivity index (χ4n) is 2.14. The maximum Gasteiger partial charge on any atom is 0.261 e. The molecule has 3 rings (SSSR count). The molecule has 5 nitrogen and oxygen atoms in total. The molecule has 2 aromatic carbocycles. The Kier molecular flexibility index (Phi) is 3.10. The number of amides is 1. The number of hydrogen-bond acceptors (Lipinski definition) is 4. The number of rotatable bonds is 2. The van der Waals surface area contributed by atoms with Crippen molar-refractivity contribution in [2.24, 2.45) is 0 Å². The summed E-state index contributed by atoms with van der Waals surface area (Å²) in [5.74, 6) is -0.179. The van der Waals surface area contributed by atoms with Crippen LogP contribution in [0.4, 0.5) is 5.88 Å². The van der Waals surface area contributed by atoms with Crippen LogP contribution in [-0.2, 0) is 0 Å². The number of aromatic hydroxyl groups is 1. The lowest BCUT2D eigenvalue weighted by Crippen LogP contribution is -2.12. The molecule has 0 fully saturated rings. The maximum atomic E-state index is 12.3. The topological polar surface area (TPSA) is 75.4 Å². The van der Waals surface area contributed by atoms with Crippen LogP contribution < -0.4 is 5.32 Å². The van der Waals surface area contributed by atoms with E-state index in [2.05, 4.69) is 10.5 Å². The molecular weight excluding hydrogens is 268 g/mol. The summed E-state index contributed by atoms with van der Waals surface area (Å²) in [6, 6.07) is 10.7. The molecule has 0 saturated carbocycles. The third-order valence-electron chi connectivity index (χ3n) is 3.53. The smallest absolute Gasteiger partial charge is 0.261 e. The number of aryl methyl sites for hydroxylation is 1. The molecule has 0 atom stereocenters. The fourth-order valence-corrected chi connectivity index (χ4v) is 2.14. The number of nitrogens with one attached hydrogen (secondary N) is 1. The molecular formula is C16H14N2O3. The van der Waals surface area contributed by atoms with Gasteiger partial charge in [0.05, 0.1) is 11.3 Å². The van der Waals surface area contributed by atoms with E-state index >= 15 is 0 Å². The van der Waals surface area contributed by atoms with Gasteiger partial charge in [-0.15, -0.1) is 0 Å². The van der Waals surface area contributed by atoms with Crippen LogP contribution in [0, 0.1) is 13.8 Å². The van der Waals surface area contributed by atoms with Gasteiger partial charge in [-0.2, -0.15) is 0 Å². The van der Waals surface area contributed by atoms with Crippen LogP contribution in [0.3, 0.4) is 0 Å². The van der Waals surface area contributed by atoms with Crippen molar-refractivity contribution >= 4 is 22.6 Å². The van der Waals surface area contributed by atoms with Gasteiger partial charge in [0.1, 0.15) is 5.75 Å². The first-order chi connectivity index (χ1) is 10.1. The highest BCUT2D eigenvalue weighted by molar-refractivity contribution is 6.09. The van der Waals surface area contributed by atoms with Gasteiger partial charge in [0, 0.05) is 10.9 Å². The van der Waals surface area contributed by atoms with Crippen LogP contribution >= 0.6 is 0 Å². The molecule has 1 aromatic heterocycles. The summed E-state index contributed by atoms with van der Waals surface area (Å²) in [5.41, 5.74) is 1.68. The molecule has 106 valence electrons. The minimum Gasteiger partial charge on any atom is -0.506 e. The minimum atomic E-state index is -0.433. The van der Waals surface area contributed by atoms with Crippen molar-refractivity contribution in [2.75, 3.05) is 5.32 Å². The summed E-state index contributed by atoms with van der Waals surface area (Å²) in [5, 5.41) is 18.2. The van der Waals surface area contributed by atoms with Crippen molar-refractivity contribution in [3.05, 3.63) is 53.2 Å². The molecule has 0 spiro atoms. The van der Waals surface area contributed by atoms with Crippen LogP contribution in [0.25, 0.3) is 10.8 Å². The Labute approximate surface area is 121 Å². The van der Waals surface area contributed by atoms with Crippen molar-refractivity contribution in [2.45, 2.75) is 13.8 Å². The second kappa shape index (κ2) is 4.94. The van der Waals surface area contributed by atoms with Crippen LogP contribution in [0.1, 0.15) is 21.6 Å². The first-order valence-corrected chi connectivity index (χ1v) is 6.53. The Morgan fingerprint density at radius 2 is 1.95 bits per heavy atom. The Morgan fingerprint density at radius 1 is 1.19 bits per heavy atom. The highest BCUT2D eigenvalue weighted by atomic mass is 16.5. The molecule has 0 aliphatic rings. The van der Waals surface area contributed by atoms with Gasteiger partial charge in [0.15, 0.2) is 0 Å². The molecule has 0 aliphatic carbocycles. The fraction of sp³-hybridized carbons (Fsp3) is 0.125. The lowest BCUT2D eigenvalue weighted by atomic mass is 10.0. The zero-order valence-electron chi connectivity index (χ0n) is 11.7. The first-order valence-electron chi connectivity index (χ1n) is 6.53. The summed E-state index contributed by atoms with van der Waals surface area (Å²) in [6.45, 7) is 3.60. The monoisotopic (exact) mass is 282 g/mol. The van der Waals surface area contributed by atoms with Gasteiger partial charge in [-0.25, -0.2) is 0 Å². The Balaban J connectivity index is 1.98. The van der Waals surface area contributed by atoms with Gasteiger partial charge in [-0.1, -0.05) is 35.5 Å². The lowest BCUT2D eigenvalue weighted by molar-refractivity contribution is 0.102. The zero-order valence-corrected chi connectivity index (χ0v) is 11.7. The van der Waals surface area contributed by atoms with E-state index in [-0.39, 0.29) is 11.3 Å². The van der Waals surface area contributed by atoms with E-state index < -0.39 is 5.91 Å². The molecule has 5 heteroatoms. The Morgan fingerprint density at radius 3 is 2.67 bits per heavy atom. The van der Waals surface area contributed by atoms with Crippen LogP contribution in [0.2, 0.25) is 0 Å². The molecule has 0 bridgehead atoms. The van der Waals surface area contributed by atoms with Gasteiger partial charge in [-0.05, 0) is 25.3 Å². The van der Waals surface area contributed by atoms with E-state index in [0.717, 1.165) is 10.9 Å². The second-order valence-corrected chi connectivity index (χ2v) is 4.86.